The van der Waals surface area contributed by atoms with Crippen molar-refractivity contribution in [3.8, 4) is 5.75 Å². The number of esters is 1. The molecule has 1 saturated heterocycles. The molecular formula is C25H27FO6. The third kappa shape index (κ3) is 2.77. The molecule has 2 aromatic carbocycles. The summed E-state index contributed by atoms with van der Waals surface area (Å²) in [6.45, 7) is 6.45. The number of halogens is 1. The Bertz CT molecular complexity index is 1160. The van der Waals surface area contributed by atoms with Crippen LogP contribution in [-0.4, -0.2) is 41.0 Å². The van der Waals surface area contributed by atoms with E-state index in [9.17, 15) is 14.7 Å². The Kier molecular flexibility index (Phi) is 4.50. The lowest BCUT2D eigenvalue weighted by Gasteiger charge is -2.47. The predicted molar refractivity (Wildman–Crippen MR) is 114 cm³/mol. The first kappa shape index (κ1) is 21.3. The number of rotatable bonds is 3. The van der Waals surface area contributed by atoms with E-state index in [0.717, 1.165) is 16.5 Å². The first-order valence-corrected chi connectivity index (χ1v) is 11.0. The van der Waals surface area contributed by atoms with E-state index in [0.29, 0.717) is 24.6 Å². The second kappa shape index (κ2) is 6.75. The molecule has 0 bridgehead atoms. The van der Waals surface area contributed by atoms with Gasteiger partial charge in [0, 0.05) is 17.7 Å². The number of hydrogen-bond acceptors (Lipinski definition) is 6. The van der Waals surface area contributed by atoms with Gasteiger partial charge in [-0.3, -0.25) is 9.59 Å². The number of aryl methyl sites for hydroxylation is 1. The molecule has 0 spiro atoms. The lowest BCUT2D eigenvalue weighted by atomic mass is 9.60. The van der Waals surface area contributed by atoms with Gasteiger partial charge in [0.15, 0.2) is 18.0 Å². The monoisotopic (exact) mass is 442 g/mol. The van der Waals surface area contributed by atoms with Gasteiger partial charge in [-0.2, -0.15) is 0 Å². The normalized spacial score (nSPS) is 32.3. The summed E-state index contributed by atoms with van der Waals surface area (Å²) in [4.78, 5) is 24.9. The second-order valence-electron chi connectivity index (χ2n) is 9.91. The van der Waals surface area contributed by atoms with E-state index >= 15 is 4.39 Å². The second-order valence-corrected chi connectivity index (χ2v) is 9.91. The Morgan fingerprint density at radius 3 is 2.69 bits per heavy atom. The molecule has 0 aromatic heterocycles. The van der Waals surface area contributed by atoms with Crippen molar-refractivity contribution in [2.24, 2.45) is 5.41 Å². The quantitative estimate of drug-likeness (QED) is 0.720. The molecule has 0 unspecified atom stereocenters. The predicted octanol–water partition coefficient (Wildman–Crippen LogP) is 4.15. The minimum Gasteiger partial charge on any atom is -0.508 e. The SMILES string of the molecule is CC(=O)OCC(=O)[C@@]12OC(C)(C)O[C@@H]1C[C@H]1c3cc(F)c4cc(O)ccc4c3CC[C@@]12C. The highest BCUT2D eigenvalue weighted by Gasteiger charge is 2.74. The van der Waals surface area contributed by atoms with Crippen LogP contribution in [0.3, 0.4) is 0 Å². The van der Waals surface area contributed by atoms with E-state index in [4.69, 9.17) is 14.2 Å². The van der Waals surface area contributed by atoms with Crippen LogP contribution in [0.1, 0.15) is 57.6 Å². The van der Waals surface area contributed by atoms with Gasteiger partial charge in [0.25, 0.3) is 0 Å². The highest BCUT2D eigenvalue weighted by atomic mass is 19.1. The maximum atomic E-state index is 15.1. The van der Waals surface area contributed by atoms with Crippen molar-refractivity contribution < 1.29 is 33.3 Å². The number of phenols is 1. The maximum Gasteiger partial charge on any atom is 0.303 e. The van der Waals surface area contributed by atoms with Crippen LogP contribution in [0.4, 0.5) is 4.39 Å². The van der Waals surface area contributed by atoms with Gasteiger partial charge in [0.05, 0.1) is 6.10 Å². The van der Waals surface area contributed by atoms with Crippen molar-refractivity contribution in [1.29, 1.82) is 0 Å². The van der Waals surface area contributed by atoms with Gasteiger partial charge in [-0.25, -0.2) is 4.39 Å². The summed E-state index contributed by atoms with van der Waals surface area (Å²) in [5, 5.41) is 11.0. The molecule has 1 aliphatic heterocycles. The van der Waals surface area contributed by atoms with Crippen LogP contribution in [0.15, 0.2) is 24.3 Å². The Morgan fingerprint density at radius 2 is 1.97 bits per heavy atom. The number of ketones is 1. The summed E-state index contributed by atoms with van der Waals surface area (Å²) in [6, 6.07) is 6.30. The van der Waals surface area contributed by atoms with E-state index in [2.05, 4.69) is 0 Å². The zero-order valence-corrected chi connectivity index (χ0v) is 18.7. The minimum absolute atomic E-state index is 0.0199. The lowest BCUT2D eigenvalue weighted by molar-refractivity contribution is -0.201. The van der Waals surface area contributed by atoms with E-state index < -0.39 is 34.7 Å². The third-order valence-electron chi connectivity index (χ3n) is 7.66. The molecule has 6 nitrogen and oxygen atoms in total. The summed E-state index contributed by atoms with van der Waals surface area (Å²) >= 11 is 0. The van der Waals surface area contributed by atoms with E-state index in [-0.39, 0.29) is 24.1 Å². The number of hydrogen-bond donors (Lipinski definition) is 1. The molecule has 0 radical (unpaired) electrons. The summed E-state index contributed by atoms with van der Waals surface area (Å²) in [5.74, 6) is -2.36. The molecule has 32 heavy (non-hydrogen) atoms. The summed E-state index contributed by atoms with van der Waals surface area (Å²) < 4.78 is 32.8. The Balaban J connectivity index is 1.65. The number of ether oxygens (including phenoxy) is 3. The summed E-state index contributed by atoms with van der Waals surface area (Å²) in [6.07, 6.45) is 1.23. The minimum atomic E-state index is -1.28. The molecule has 3 aliphatic rings. The van der Waals surface area contributed by atoms with Gasteiger partial charge in [-0.05, 0) is 73.7 Å². The molecule has 2 aliphatic carbocycles. The molecule has 7 heteroatoms. The van der Waals surface area contributed by atoms with Crippen LogP contribution in [0, 0.1) is 11.2 Å². The average Bonchev–Trinajstić information content (AvgIpc) is 3.12. The Hall–Kier alpha value is -2.51. The standard InChI is InChI=1S/C25H27FO6/c1-13(27)30-12-21(29)25-22(31-23(2,3)32-25)11-19-17-10-20(26)18-9-14(28)5-6-15(18)16(17)7-8-24(19,25)4/h5-6,9-10,19,22,28H,7-8,11-12H2,1-4H3/t19-,22+,24-,25+/m0/s1. The van der Waals surface area contributed by atoms with Gasteiger partial charge < -0.3 is 19.3 Å². The molecule has 2 aromatic rings. The van der Waals surface area contributed by atoms with Crippen LogP contribution in [0.2, 0.25) is 0 Å². The van der Waals surface area contributed by atoms with Gasteiger partial charge in [0.2, 0.25) is 5.78 Å². The lowest BCUT2D eigenvalue weighted by Crippen LogP contribution is -2.58. The Morgan fingerprint density at radius 1 is 1.22 bits per heavy atom. The average molecular weight is 442 g/mol. The fraction of sp³-hybridized carbons (Fsp3) is 0.520. The van der Waals surface area contributed by atoms with E-state index in [1.807, 2.05) is 6.92 Å². The number of aromatic hydroxyl groups is 1. The summed E-state index contributed by atoms with van der Waals surface area (Å²) in [7, 11) is 0. The topological polar surface area (TPSA) is 82.1 Å². The third-order valence-corrected chi connectivity index (χ3v) is 7.66. The summed E-state index contributed by atoms with van der Waals surface area (Å²) in [5.41, 5.74) is -0.0549. The number of Topliss-reactive ketones (excluding diaryl/α,β-unsaturated/α-hetero) is 1. The van der Waals surface area contributed by atoms with Gasteiger partial charge in [-0.1, -0.05) is 13.0 Å². The maximum absolute atomic E-state index is 15.1. The molecule has 4 atom stereocenters. The molecule has 1 saturated carbocycles. The fourth-order valence-electron chi connectivity index (χ4n) is 6.42. The smallest absolute Gasteiger partial charge is 0.303 e. The number of carbonyl (C=O) groups is 2. The Labute approximate surface area is 185 Å². The van der Waals surface area contributed by atoms with Crippen molar-refractivity contribution in [2.45, 2.75) is 70.4 Å². The van der Waals surface area contributed by atoms with Crippen molar-refractivity contribution in [1.82, 2.24) is 0 Å². The van der Waals surface area contributed by atoms with E-state index in [1.54, 1.807) is 26.0 Å². The fourth-order valence-corrected chi connectivity index (χ4v) is 6.42. The molecule has 170 valence electrons. The highest BCUT2D eigenvalue weighted by Crippen LogP contribution is 2.66. The van der Waals surface area contributed by atoms with Crippen molar-refractivity contribution in [3.05, 3.63) is 41.2 Å². The number of carbonyl (C=O) groups excluding carboxylic acids is 2. The van der Waals surface area contributed by atoms with Gasteiger partial charge in [0.1, 0.15) is 11.6 Å². The molecule has 5 rings (SSSR count). The van der Waals surface area contributed by atoms with Gasteiger partial charge >= 0.3 is 5.97 Å². The van der Waals surface area contributed by atoms with E-state index in [1.165, 1.54) is 19.1 Å². The molecule has 0 amide bonds. The number of fused-ring (bicyclic) bond motifs is 7. The molecule has 1 N–H and O–H groups in total. The van der Waals surface area contributed by atoms with Crippen LogP contribution >= 0.6 is 0 Å². The zero-order chi connectivity index (χ0) is 23.1. The zero-order valence-electron chi connectivity index (χ0n) is 18.7. The number of benzene rings is 2. The van der Waals surface area contributed by atoms with Crippen molar-refractivity contribution in [3.63, 3.8) is 0 Å². The van der Waals surface area contributed by atoms with Crippen molar-refractivity contribution in [2.75, 3.05) is 6.61 Å². The molecular weight excluding hydrogens is 415 g/mol. The van der Waals surface area contributed by atoms with Crippen LogP contribution < -0.4 is 0 Å². The number of phenolic OH excluding ortho intramolecular Hbond substituents is 1. The van der Waals surface area contributed by atoms with Crippen LogP contribution in [-0.2, 0) is 30.2 Å². The first-order valence-electron chi connectivity index (χ1n) is 11.0. The first-order chi connectivity index (χ1) is 15.0. The van der Waals surface area contributed by atoms with Crippen LogP contribution in [0.5, 0.6) is 5.75 Å². The molecule has 2 fully saturated rings. The van der Waals surface area contributed by atoms with Gasteiger partial charge in [-0.15, -0.1) is 0 Å². The molecule has 1 heterocycles. The highest BCUT2D eigenvalue weighted by molar-refractivity contribution is 5.93. The van der Waals surface area contributed by atoms with Crippen molar-refractivity contribution >= 4 is 22.5 Å². The van der Waals surface area contributed by atoms with Crippen LogP contribution in [0.25, 0.3) is 10.8 Å². The largest absolute Gasteiger partial charge is 0.508 e.